The van der Waals surface area contributed by atoms with E-state index in [9.17, 15) is 19.1 Å². The normalized spacial score (nSPS) is 22.1. The van der Waals surface area contributed by atoms with E-state index in [1.165, 1.54) is 6.07 Å². The van der Waals surface area contributed by atoms with Crippen LogP contribution in [0.15, 0.2) is 48.5 Å². The van der Waals surface area contributed by atoms with Crippen molar-refractivity contribution in [1.82, 2.24) is 5.32 Å². The lowest BCUT2D eigenvalue weighted by atomic mass is 10.0. The molecule has 0 heterocycles. The van der Waals surface area contributed by atoms with Crippen LogP contribution in [-0.4, -0.2) is 28.6 Å². The summed E-state index contributed by atoms with van der Waals surface area (Å²) < 4.78 is 13.7. The molecule has 5 nitrogen and oxygen atoms in total. The van der Waals surface area contributed by atoms with Gasteiger partial charge in [0.15, 0.2) is 0 Å². The Morgan fingerprint density at radius 2 is 1.93 bits per heavy atom. The molecular weight excluding hydrogens is 371 g/mol. The Kier molecular flexibility index (Phi) is 5.48. The highest BCUT2D eigenvalue weighted by atomic mass is 35.5. The first-order valence-corrected chi connectivity index (χ1v) is 8.98. The first-order chi connectivity index (χ1) is 12.8. The lowest BCUT2D eigenvalue weighted by Gasteiger charge is -2.17. The first-order valence-electron chi connectivity index (χ1n) is 8.60. The van der Waals surface area contributed by atoms with Gasteiger partial charge < -0.3 is 16.2 Å². The number of aliphatic carboxylic acids is 1. The number of carbonyl (C=O) groups excluding carboxylic acids is 1. The van der Waals surface area contributed by atoms with Crippen molar-refractivity contribution in [3.8, 4) is 0 Å². The summed E-state index contributed by atoms with van der Waals surface area (Å²) in [5.41, 5.74) is 5.86. The van der Waals surface area contributed by atoms with Gasteiger partial charge >= 0.3 is 5.97 Å². The van der Waals surface area contributed by atoms with Crippen molar-refractivity contribution in [1.29, 1.82) is 0 Å². The van der Waals surface area contributed by atoms with E-state index < -0.39 is 23.5 Å². The van der Waals surface area contributed by atoms with Crippen molar-refractivity contribution in [2.24, 2.45) is 5.73 Å². The van der Waals surface area contributed by atoms with Gasteiger partial charge in [-0.1, -0.05) is 41.9 Å². The Hall–Kier alpha value is -2.44. The fourth-order valence-electron chi connectivity index (χ4n) is 3.35. The molecule has 1 aliphatic carbocycles. The third kappa shape index (κ3) is 4.28. The molecule has 2 unspecified atom stereocenters. The minimum atomic E-state index is -1.33. The molecule has 1 saturated carbocycles. The van der Waals surface area contributed by atoms with Crippen molar-refractivity contribution in [2.75, 3.05) is 0 Å². The molecule has 0 spiro atoms. The Morgan fingerprint density at radius 1 is 1.26 bits per heavy atom. The maximum Gasteiger partial charge on any atom is 0.330 e. The minimum Gasteiger partial charge on any atom is -0.479 e. The van der Waals surface area contributed by atoms with Crippen LogP contribution in [0, 0.1) is 5.82 Å². The molecule has 1 amide bonds. The van der Waals surface area contributed by atoms with Crippen LogP contribution in [0.25, 0.3) is 0 Å². The Bertz CT molecular complexity index is 859. The standard InChI is InChI=1S/C20H20ClFN2O3/c21-14-7-5-12(6-8-14)16-11-20(16,19(26)27)24-18(25)10-15(23)9-13-3-1-2-4-17(13)22/h1-8,15-16H,9-11,23H2,(H,24,25)(H,26,27)/t15-,16?,20?/m1/s1. The summed E-state index contributed by atoms with van der Waals surface area (Å²) in [6.07, 6.45) is 0.412. The zero-order valence-electron chi connectivity index (χ0n) is 14.5. The van der Waals surface area contributed by atoms with E-state index in [1.54, 1.807) is 42.5 Å². The van der Waals surface area contributed by atoms with Gasteiger partial charge in [0.1, 0.15) is 11.4 Å². The average Bonchev–Trinajstić information content (AvgIpc) is 3.33. The maximum absolute atomic E-state index is 13.7. The summed E-state index contributed by atoms with van der Waals surface area (Å²) in [5, 5.41) is 12.8. The average molecular weight is 391 g/mol. The lowest BCUT2D eigenvalue weighted by molar-refractivity contribution is -0.143. The van der Waals surface area contributed by atoms with Crippen molar-refractivity contribution >= 4 is 23.5 Å². The van der Waals surface area contributed by atoms with E-state index in [0.29, 0.717) is 17.0 Å². The summed E-state index contributed by atoms with van der Waals surface area (Å²) in [5.74, 6) is -2.24. The molecule has 27 heavy (non-hydrogen) atoms. The summed E-state index contributed by atoms with van der Waals surface area (Å²) in [6, 6.07) is 12.5. The van der Waals surface area contributed by atoms with Gasteiger partial charge in [-0.05, 0) is 42.2 Å². The van der Waals surface area contributed by atoms with Crippen LogP contribution in [0.4, 0.5) is 4.39 Å². The highest BCUT2D eigenvalue weighted by Crippen LogP contribution is 2.51. The fraction of sp³-hybridized carbons (Fsp3) is 0.300. The van der Waals surface area contributed by atoms with Crippen LogP contribution < -0.4 is 11.1 Å². The number of carbonyl (C=O) groups is 2. The summed E-state index contributed by atoms with van der Waals surface area (Å²) in [6.45, 7) is 0. The van der Waals surface area contributed by atoms with E-state index in [2.05, 4.69) is 5.32 Å². The maximum atomic E-state index is 13.7. The molecule has 142 valence electrons. The zero-order valence-corrected chi connectivity index (χ0v) is 15.2. The molecule has 1 aliphatic rings. The van der Waals surface area contributed by atoms with E-state index in [-0.39, 0.29) is 24.6 Å². The van der Waals surface area contributed by atoms with Crippen LogP contribution in [0.3, 0.4) is 0 Å². The van der Waals surface area contributed by atoms with Crippen molar-refractivity contribution in [2.45, 2.75) is 36.8 Å². The van der Waals surface area contributed by atoms with Gasteiger partial charge in [0.25, 0.3) is 0 Å². The molecule has 3 atom stereocenters. The van der Waals surface area contributed by atoms with Gasteiger partial charge in [-0.2, -0.15) is 0 Å². The number of carboxylic acid groups (broad SMARTS) is 1. The molecule has 0 bridgehead atoms. The number of benzene rings is 2. The highest BCUT2D eigenvalue weighted by molar-refractivity contribution is 6.30. The number of halogens is 2. The minimum absolute atomic E-state index is 0.0866. The van der Waals surface area contributed by atoms with Crippen molar-refractivity contribution in [3.63, 3.8) is 0 Å². The number of rotatable bonds is 7. The molecule has 1 fully saturated rings. The molecule has 3 rings (SSSR count). The number of nitrogens with one attached hydrogen (secondary N) is 1. The second kappa shape index (κ2) is 7.66. The van der Waals surface area contributed by atoms with Crippen LogP contribution in [-0.2, 0) is 16.0 Å². The molecule has 0 aromatic heterocycles. The molecule has 0 aliphatic heterocycles. The lowest BCUT2D eigenvalue weighted by Crippen LogP contribution is -2.46. The number of nitrogens with two attached hydrogens (primary N) is 1. The van der Waals surface area contributed by atoms with E-state index in [4.69, 9.17) is 17.3 Å². The second-order valence-electron chi connectivity index (χ2n) is 6.89. The van der Waals surface area contributed by atoms with Gasteiger partial charge in [0, 0.05) is 23.4 Å². The van der Waals surface area contributed by atoms with Gasteiger partial charge in [0.05, 0.1) is 0 Å². The fourth-order valence-corrected chi connectivity index (χ4v) is 3.47. The molecule has 7 heteroatoms. The number of amides is 1. The van der Waals surface area contributed by atoms with Crippen molar-refractivity contribution in [3.05, 3.63) is 70.5 Å². The van der Waals surface area contributed by atoms with E-state index in [1.807, 2.05) is 0 Å². The van der Waals surface area contributed by atoms with Gasteiger partial charge in [-0.15, -0.1) is 0 Å². The van der Waals surface area contributed by atoms with Gasteiger partial charge in [-0.25, -0.2) is 9.18 Å². The number of carboxylic acids is 1. The molecular formula is C20H20ClFN2O3. The zero-order chi connectivity index (χ0) is 19.6. The summed E-state index contributed by atoms with van der Waals surface area (Å²) in [4.78, 5) is 24.1. The van der Waals surface area contributed by atoms with Crippen LogP contribution >= 0.6 is 11.6 Å². The predicted octanol–water partition coefficient (Wildman–Crippen LogP) is 2.87. The van der Waals surface area contributed by atoms with Crippen LogP contribution in [0.5, 0.6) is 0 Å². The van der Waals surface area contributed by atoms with Gasteiger partial charge in [-0.3, -0.25) is 4.79 Å². The summed E-state index contributed by atoms with van der Waals surface area (Å²) in [7, 11) is 0. The molecule has 0 radical (unpaired) electrons. The number of hydrogen-bond acceptors (Lipinski definition) is 3. The SMILES string of the molecule is N[C@@H](CC(=O)NC1(C(=O)O)CC1c1ccc(Cl)cc1)Cc1ccccc1F. The van der Waals surface area contributed by atoms with Crippen LogP contribution in [0.1, 0.15) is 29.9 Å². The van der Waals surface area contributed by atoms with Gasteiger partial charge in [0.2, 0.25) is 5.91 Å². The Morgan fingerprint density at radius 3 is 2.56 bits per heavy atom. The monoisotopic (exact) mass is 390 g/mol. The highest BCUT2D eigenvalue weighted by Gasteiger charge is 2.62. The topological polar surface area (TPSA) is 92.4 Å². The Labute approximate surface area is 161 Å². The smallest absolute Gasteiger partial charge is 0.330 e. The molecule has 2 aromatic rings. The quantitative estimate of drug-likeness (QED) is 0.677. The molecule has 4 N–H and O–H groups in total. The molecule has 0 saturated heterocycles. The molecule has 2 aromatic carbocycles. The van der Waals surface area contributed by atoms with E-state index >= 15 is 0 Å². The first kappa shape index (κ1) is 19.3. The predicted molar refractivity (Wildman–Crippen MR) is 100 cm³/mol. The largest absolute Gasteiger partial charge is 0.479 e. The van der Waals surface area contributed by atoms with Crippen LogP contribution in [0.2, 0.25) is 5.02 Å². The Balaban J connectivity index is 1.62. The third-order valence-corrected chi connectivity index (χ3v) is 5.12. The second-order valence-corrected chi connectivity index (χ2v) is 7.33. The van der Waals surface area contributed by atoms with E-state index in [0.717, 1.165) is 5.56 Å². The summed E-state index contributed by atoms with van der Waals surface area (Å²) >= 11 is 5.86. The van der Waals surface area contributed by atoms with Crippen molar-refractivity contribution < 1.29 is 19.1 Å². The third-order valence-electron chi connectivity index (χ3n) is 4.86. The number of hydrogen-bond donors (Lipinski definition) is 3.